The molecule has 0 N–H and O–H groups in total. The summed E-state index contributed by atoms with van der Waals surface area (Å²) in [6.45, 7) is 11.8. The van der Waals surface area contributed by atoms with Gasteiger partial charge >= 0.3 is 11.9 Å². The standard InChI is InChI=1S/C27H28O4/c1-17-11-7-9-13-21(17)25(28)30-23-16-20(27(4,5)6)15-19(3)24(23)31-26(29)22-14-10-8-12-18(22)2/h7-16H,1-6H3. The van der Waals surface area contributed by atoms with Crippen LogP contribution < -0.4 is 9.47 Å². The van der Waals surface area contributed by atoms with E-state index in [1.54, 1.807) is 30.3 Å². The first-order valence-electron chi connectivity index (χ1n) is 10.3. The Balaban J connectivity index is 2.04. The number of benzene rings is 3. The van der Waals surface area contributed by atoms with E-state index in [4.69, 9.17) is 9.47 Å². The number of carbonyl (C=O) groups excluding carboxylic acids is 2. The molecule has 4 nitrogen and oxygen atoms in total. The number of ether oxygens (including phenoxy) is 2. The number of hydrogen-bond acceptors (Lipinski definition) is 4. The van der Waals surface area contributed by atoms with Crippen LogP contribution in [0.15, 0.2) is 60.7 Å². The Morgan fingerprint density at radius 1 is 0.677 bits per heavy atom. The van der Waals surface area contributed by atoms with Crippen LogP contribution in [0.4, 0.5) is 0 Å². The molecule has 0 saturated carbocycles. The maximum absolute atomic E-state index is 12.9. The number of hydrogen-bond donors (Lipinski definition) is 0. The zero-order chi connectivity index (χ0) is 22.8. The van der Waals surface area contributed by atoms with E-state index < -0.39 is 11.9 Å². The lowest BCUT2D eigenvalue weighted by molar-refractivity contribution is 0.0680. The summed E-state index contributed by atoms with van der Waals surface area (Å²) in [5, 5.41) is 0. The van der Waals surface area contributed by atoms with Gasteiger partial charge in [-0.1, -0.05) is 63.2 Å². The highest BCUT2D eigenvalue weighted by Gasteiger charge is 2.24. The Morgan fingerprint density at radius 3 is 1.65 bits per heavy atom. The Kier molecular flexibility index (Phi) is 6.30. The first-order chi connectivity index (χ1) is 14.6. The van der Waals surface area contributed by atoms with Gasteiger partial charge in [-0.15, -0.1) is 0 Å². The van der Waals surface area contributed by atoms with E-state index >= 15 is 0 Å². The molecule has 0 radical (unpaired) electrons. The van der Waals surface area contributed by atoms with Gasteiger partial charge in [0.25, 0.3) is 0 Å². The number of carbonyl (C=O) groups is 2. The summed E-state index contributed by atoms with van der Waals surface area (Å²) < 4.78 is 11.5. The monoisotopic (exact) mass is 416 g/mol. The lowest BCUT2D eigenvalue weighted by Crippen LogP contribution is -2.17. The molecule has 0 aliphatic carbocycles. The third-order valence-electron chi connectivity index (χ3n) is 5.23. The zero-order valence-electron chi connectivity index (χ0n) is 18.9. The quantitative estimate of drug-likeness (QED) is 0.367. The summed E-state index contributed by atoms with van der Waals surface area (Å²) in [6.07, 6.45) is 0. The Labute approximate surface area is 183 Å². The van der Waals surface area contributed by atoms with Crippen LogP contribution >= 0.6 is 0 Å². The fourth-order valence-corrected chi connectivity index (χ4v) is 3.29. The molecule has 0 atom stereocenters. The molecule has 0 fully saturated rings. The minimum atomic E-state index is -0.489. The van der Waals surface area contributed by atoms with Gasteiger partial charge in [0, 0.05) is 0 Å². The molecular formula is C27H28O4. The smallest absolute Gasteiger partial charge is 0.343 e. The second-order valence-corrected chi connectivity index (χ2v) is 8.78. The molecule has 0 spiro atoms. The van der Waals surface area contributed by atoms with Gasteiger partial charge in [0.15, 0.2) is 11.5 Å². The van der Waals surface area contributed by atoms with Crippen LogP contribution in [0.25, 0.3) is 0 Å². The molecule has 3 rings (SSSR count). The maximum Gasteiger partial charge on any atom is 0.343 e. The summed E-state index contributed by atoms with van der Waals surface area (Å²) in [5.41, 5.74) is 4.10. The van der Waals surface area contributed by atoms with Gasteiger partial charge in [-0.3, -0.25) is 0 Å². The molecule has 0 amide bonds. The molecule has 4 heteroatoms. The average molecular weight is 417 g/mol. The molecule has 0 aliphatic rings. The highest BCUT2D eigenvalue weighted by atomic mass is 16.6. The highest BCUT2D eigenvalue weighted by Crippen LogP contribution is 2.38. The minimum Gasteiger partial charge on any atom is -0.419 e. The van der Waals surface area contributed by atoms with Gasteiger partial charge < -0.3 is 9.47 Å². The fraction of sp³-hybridized carbons (Fsp3) is 0.259. The number of esters is 2. The van der Waals surface area contributed by atoms with E-state index in [0.29, 0.717) is 11.1 Å². The predicted molar refractivity (Wildman–Crippen MR) is 122 cm³/mol. The largest absolute Gasteiger partial charge is 0.419 e. The summed E-state index contributed by atoms with van der Waals surface area (Å²) in [7, 11) is 0. The van der Waals surface area contributed by atoms with E-state index in [1.807, 2.05) is 51.1 Å². The van der Waals surface area contributed by atoms with Gasteiger partial charge in [-0.25, -0.2) is 9.59 Å². The van der Waals surface area contributed by atoms with E-state index in [0.717, 1.165) is 22.3 Å². The van der Waals surface area contributed by atoms with E-state index in [-0.39, 0.29) is 16.9 Å². The Bertz CT molecular complexity index is 1140. The van der Waals surface area contributed by atoms with Crippen molar-refractivity contribution in [1.82, 2.24) is 0 Å². The third kappa shape index (κ3) is 5.02. The summed E-state index contributed by atoms with van der Waals surface area (Å²) in [6, 6.07) is 18.2. The lowest BCUT2D eigenvalue weighted by atomic mass is 9.86. The summed E-state index contributed by atoms with van der Waals surface area (Å²) in [4.78, 5) is 25.8. The molecule has 0 unspecified atom stereocenters. The summed E-state index contributed by atoms with van der Waals surface area (Å²) >= 11 is 0. The Hall–Kier alpha value is -3.40. The zero-order valence-corrected chi connectivity index (χ0v) is 18.9. The first-order valence-corrected chi connectivity index (χ1v) is 10.3. The van der Waals surface area contributed by atoms with Gasteiger partial charge in [0.1, 0.15) is 0 Å². The third-order valence-corrected chi connectivity index (χ3v) is 5.23. The van der Waals surface area contributed by atoms with Crippen molar-refractivity contribution in [3.63, 3.8) is 0 Å². The molecule has 3 aromatic rings. The van der Waals surface area contributed by atoms with Crippen molar-refractivity contribution in [2.45, 2.75) is 47.0 Å². The van der Waals surface area contributed by atoms with Gasteiger partial charge in [0.2, 0.25) is 0 Å². The molecule has 0 aromatic heterocycles. The molecule has 0 heterocycles. The topological polar surface area (TPSA) is 52.6 Å². The van der Waals surface area contributed by atoms with Crippen LogP contribution in [-0.2, 0) is 5.41 Å². The van der Waals surface area contributed by atoms with Crippen molar-refractivity contribution in [2.75, 3.05) is 0 Å². The van der Waals surface area contributed by atoms with Crippen molar-refractivity contribution < 1.29 is 19.1 Å². The molecule has 0 saturated heterocycles. The van der Waals surface area contributed by atoms with Crippen LogP contribution in [-0.4, -0.2) is 11.9 Å². The van der Waals surface area contributed by atoms with Gasteiger partial charge in [-0.2, -0.15) is 0 Å². The van der Waals surface area contributed by atoms with E-state index in [1.165, 1.54) is 0 Å². The van der Waals surface area contributed by atoms with Crippen molar-refractivity contribution in [3.8, 4) is 11.5 Å². The summed E-state index contributed by atoms with van der Waals surface area (Å²) in [5.74, 6) is -0.488. The predicted octanol–water partition coefficient (Wildman–Crippen LogP) is 6.35. The molecule has 0 bridgehead atoms. The van der Waals surface area contributed by atoms with E-state index in [9.17, 15) is 9.59 Å². The lowest BCUT2D eigenvalue weighted by Gasteiger charge is -2.22. The van der Waals surface area contributed by atoms with Gasteiger partial charge in [-0.05, 0) is 66.6 Å². The minimum absolute atomic E-state index is 0.173. The van der Waals surface area contributed by atoms with Crippen LogP contribution in [0.3, 0.4) is 0 Å². The fourth-order valence-electron chi connectivity index (χ4n) is 3.29. The van der Waals surface area contributed by atoms with E-state index in [2.05, 4.69) is 20.8 Å². The second kappa shape index (κ2) is 8.76. The first kappa shape index (κ1) is 22.3. The van der Waals surface area contributed by atoms with Crippen molar-refractivity contribution in [1.29, 1.82) is 0 Å². The average Bonchev–Trinajstić information content (AvgIpc) is 2.70. The maximum atomic E-state index is 12.9. The Morgan fingerprint density at radius 2 is 1.16 bits per heavy atom. The van der Waals surface area contributed by atoms with Crippen molar-refractivity contribution in [2.24, 2.45) is 0 Å². The van der Waals surface area contributed by atoms with Crippen LogP contribution in [0.2, 0.25) is 0 Å². The number of aryl methyl sites for hydroxylation is 3. The highest BCUT2D eigenvalue weighted by molar-refractivity contribution is 5.95. The SMILES string of the molecule is Cc1ccccc1C(=O)Oc1cc(C(C)(C)C)cc(C)c1OC(=O)c1ccccc1C. The van der Waals surface area contributed by atoms with Gasteiger partial charge in [0.05, 0.1) is 11.1 Å². The second-order valence-electron chi connectivity index (χ2n) is 8.78. The van der Waals surface area contributed by atoms with Crippen LogP contribution in [0, 0.1) is 20.8 Å². The molecule has 3 aromatic carbocycles. The molecule has 31 heavy (non-hydrogen) atoms. The molecular weight excluding hydrogens is 388 g/mol. The molecule has 160 valence electrons. The molecule has 0 aliphatic heterocycles. The van der Waals surface area contributed by atoms with Crippen LogP contribution in [0.1, 0.15) is 63.7 Å². The van der Waals surface area contributed by atoms with Crippen LogP contribution in [0.5, 0.6) is 11.5 Å². The number of rotatable bonds is 4. The van der Waals surface area contributed by atoms with Crippen molar-refractivity contribution >= 4 is 11.9 Å². The van der Waals surface area contributed by atoms with Crippen molar-refractivity contribution in [3.05, 3.63) is 94.0 Å². The normalized spacial score (nSPS) is 11.2.